The summed E-state index contributed by atoms with van der Waals surface area (Å²) >= 11 is 0. The van der Waals surface area contributed by atoms with E-state index in [4.69, 9.17) is 0 Å². The molecule has 3 aromatic rings. The van der Waals surface area contributed by atoms with Gasteiger partial charge in [0.05, 0.1) is 5.69 Å². The minimum atomic E-state index is -0.261. The van der Waals surface area contributed by atoms with Crippen molar-refractivity contribution in [3.8, 4) is 0 Å². The lowest BCUT2D eigenvalue weighted by Crippen LogP contribution is -2.18. The lowest BCUT2D eigenvalue weighted by molar-refractivity contribution is 0.101. The van der Waals surface area contributed by atoms with Gasteiger partial charge in [0, 0.05) is 35.9 Å². The molecule has 2 heterocycles. The first kappa shape index (κ1) is 19.3. The van der Waals surface area contributed by atoms with Crippen molar-refractivity contribution in [2.45, 2.75) is 33.2 Å². The maximum absolute atomic E-state index is 12.7. The Balaban J connectivity index is 1.76. The topological polar surface area (TPSA) is 88.9 Å². The fourth-order valence-electron chi connectivity index (χ4n) is 2.71. The van der Waals surface area contributed by atoms with Crippen LogP contribution in [0.25, 0.3) is 0 Å². The number of hydrogen-bond acceptors (Lipinski definition) is 4. The van der Waals surface area contributed by atoms with Crippen molar-refractivity contribution >= 4 is 23.2 Å². The lowest BCUT2D eigenvalue weighted by Gasteiger charge is -2.09. The highest BCUT2D eigenvalue weighted by molar-refractivity contribution is 6.07. The molecule has 0 saturated carbocycles. The van der Waals surface area contributed by atoms with Crippen LogP contribution in [-0.2, 0) is 6.54 Å². The van der Waals surface area contributed by atoms with Crippen molar-refractivity contribution in [1.29, 1.82) is 0 Å². The summed E-state index contributed by atoms with van der Waals surface area (Å²) in [4.78, 5) is 29.1. The maximum Gasteiger partial charge on any atom is 0.273 e. The highest BCUT2D eigenvalue weighted by Crippen LogP contribution is 2.18. The Kier molecular flexibility index (Phi) is 5.84. The lowest BCUT2D eigenvalue weighted by atomic mass is 10.1. The van der Waals surface area contributed by atoms with E-state index in [-0.39, 0.29) is 17.7 Å². The number of anilines is 2. The van der Waals surface area contributed by atoms with E-state index in [1.54, 1.807) is 53.5 Å². The van der Waals surface area contributed by atoms with Crippen molar-refractivity contribution in [1.82, 2.24) is 14.8 Å². The van der Waals surface area contributed by atoms with E-state index in [1.165, 1.54) is 0 Å². The minimum Gasteiger partial charge on any atom is -0.322 e. The Morgan fingerprint density at radius 3 is 2.39 bits per heavy atom. The van der Waals surface area contributed by atoms with Crippen LogP contribution in [0.3, 0.4) is 0 Å². The Hall–Kier alpha value is -3.48. The van der Waals surface area contributed by atoms with E-state index < -0.39 is 0 Å². The number of nitrogens with one attached hydrogen (secondary N) is 2. The van der Waals surface area contributed by atoms with E-state index in [0.29, 0.717) is 29.2 Å². The summed E-state index contributed by atoms with van der Waals surface area (Å²) in [6.07, 6.45) is 3.21. The number of carbonyl (C=O) groups is 2. The number of aryl methyl sites for hydroxylation is 1. The molecule has 2 aromatic heterocycles. The van der Waals surface area contributed by atoms with Gasteiger partial charge in [-0.05, 0) is 49.2 Å². The van der Waals surface area contributed by atoms with Crippen molar-refractivity contribution in [2.75, 3.05) is 10.6 Å². The molecule has 0 radical (unpaired) electrons. The maximum atomic E-state index is 12.7. The van der Waals surface area contributed by atoms with E-state index in [1.807, 2.05) is 26.8 Å². The number of hydrogen-bond donors (Lipinski definition) is 2. The van der Waals surface area contributed by atoms with Crippen LogP contribution in [0.4, 0.5) is 11.4 Å². The molecule has 0 aliphatic heterocycles. The predicted molar refractivity (Wildman–Crippen MR) is 109 cm³/mol. The van der Waals surface area contributed by atoms with Gasteiger partial charge in [-0.2, -0.15) is 5.10 Å². The van der Waals surface area contributed by atoms with Crippen LogP contribution in [-0.4, -0.2) is 26.6 Å². The highest BCUT2D eigenvalue weighted by Gasteiger charge is 2.17. The van der Waals surface area contributed by atoms with Gasteiger partial charge in [-0.25, -0.2) is 0 Å². The third-order valence-corrected chi connectivity index (χ3v) is 4.24. The van der Waals surface area contributed by atoms with E-state index in [9.17, 15) is 9.59 Å². The molecule has 2 N–H and O–H groups in total. The Labute approximate surface area is 163 Å². The number of amides is 2. The summed E-state index contributed by atoms with van der Waals surface area (Å²) in [5.74, 6) is -0.282. The zero-order chi connectivity index (χ0) is 20.1. The van der Waals surface area contributed by atoms with Gasteiger partial charge in [0.1, 0.15) is 5.69 Å². The average Bonchev–Trinajstić information content (AvgIpc) is 3.14. The molecular weight excluding hydrogens is 354 g/mol. The molecule has 7 nitrogen and oxygen atoms in total. The fourth-order valence-corrected chi connectivity index (χ4v) is 2.71. The minimum absolute atomic E-state index is 0.236. The van der Waals surface area contributed by atoms with Gasteiger partial charge in [0.2, 0.25) is 0 Å². The van der Waals surface area contributed by atoms with Gasteiger partial charge in [0.25, 0.3) is 11.8 Å². The molecule has 7 heteroatoms. The highest BCUT2D eigenvalue weighted by atomic mass is 16.2. The molecule has 0 fully saturated rings. The van der Waals surface area contributed by atoms with Crippen LogP contribution in [0.2, 0.25) is 0 Å². The zero-order valence-electron chi connectivity index (χ0n) is 16.1. The molecule has 3 rings (SSSR count). The molecule has 28 heavy (non-hydrogen) atoms. The van der Waals surface area contributed by atoms with Gasteiger partial charge >= 0.3 is 0 Å². The predicted octanol–water partition coefficient (Wildman–Crippen LogP) is 3.93. The summed E-state index contributed by atoms with van der Waals surface area (Å²) in [6, 6.07) is 12.0. The molecule has 0 aliphatic rings. The molecule has 0 spiro atoms. The molecule has 0 saturated heterocycles. The molecule has 0 unspecified atom stereocenters. The number of pyridine rings is 1. The monoisotopic (exact) mass is 377 g/mol. The van der Waals surface area contributed by atoms with Crippen LogP contribution in [0.15, 0.2) is 54.9 Å². The molecule has 144 valence electrons. The number of benzene rings is 1. The van der Waals surface area contributed by atoms with Crippen molar-refractivity contribution in [3.63, 3.8) is 0 Å². The van der Waals surface area contributed by atoms with Crippen molar-refractivity contribution in [3.05, 3.63) is 71.8 Å². The second-order valence-electron chi connectivity index (χ2n) is 6.65. The third-order valence-electron chi connectivity index (χ3n) is 4.24. The third kappa shape index (κ3) is 4.43. The normalized spacial score (nSPS) is 10.7. The second kappa shape index (κ2) is 8.47. The van der Waals surface area contributed by atoms with Crippen LogP contribution in [0, 0.1) is 0 Å². The van der Waals surface area contributed by atoms with Gasteiger partial charge in [-0.15, -0.1) is 0 Å². The van der Waals surface area contributed by atoms with Crippen molar-refractivity contribution in [2.24, 2.45) is 0 Å². The Morgan fingerprint density at radius 2 is 1.71 bits per heavy atom. The molecule has 0 bridgehead atoms. The van der Waals surface area contributed by atoms with E-state index in [0.717, 1.165) is 5.69 Å². The smallest absolute Gasteiger partial charge is 0.273 e. The summed E-state index contributed by atoms with van der Waals surface area (Å²) < 4.78 is 1.69. The number of rotatable bonds is 6. The van der Waals surface area contributed by atoms with Crippen LogP contribution in [0.5, 0.6) is 0 Å². The molecular formula is C21H23N5O2. The van der Waals surface area contributed by atoms with Gasteiger partial charge < -0.3 is 10.6 Å². The zero-order valence-corrected chi connectivity index (χ0v) is 16.1. The second-order valence-corrected chi connectivity index (χ2v) is 6.65. The molecule has 1 aromatic carbocycles. The standard InChI is InChI=1S/C21H23N5O2/c1-4-26-19(13-18(25-26)14(2)3)21(28)24-17-7-5-6-15(12-17)20(27)23-16-8-10-22-11-9-16/h5-14H,4H2,1-3H3,(H,24,28)(H,22,23,27). The number of aromatic nitrogens is 3. The Morgan fingerprint density at radius 1 is 1.00 bits per heavy atom. The average molecular weight is 377 g/mol. The largest absolute Gasteiger partial charge is 0.322 e. The van der Waals surface area contributed by atoms with Gasteiger partial charge in [-0.3, -0.25) is 19.3 Å². The van der Waals surface area contributed by atoms with Crippen LogP contribution < -0.4 is 10.6 Å². The van der Waals surface area contributed by atoms with E-state index in [2.05, 4.69) is 20.7 Å². The molecule has 0 atom stereocenters. The summed E-state index contributed by atoms with van der Waals surface area (Å²) in [6.45, 7) is 6.62. The van der Waals surface area contributed by atoms with Crippen LogP contribution in [0.1, 0.15) is 53.2 Å². The Bertz CT molecular complexity index is 979. The molecule has 2 amide bonds. The fraction of sp³-hybridized carbons (Fsp3) is 0.238. The van der Waals surface area contributed by atoms with Crippen molar-refractivity contribution < 1.29 is 9.59 Å². The first-order valence-corrected chi connectivity index (χ1v) is 9.18. The quantitative estimate of drug-likeness (QED) is 0.681. The summed E-state index contributed by atoms with van der Waals surface area (Å²) in [7, 11) is 0. The number of carbonyl (C=O) groups excluding carboxylic acids is 2. The number of nitrogens with zero attached hydrogens (tertiary/aromatic N) is 3. The first-order valence-electron chi connectivity index (χ1n) is 9.18. The summed E-state index contributed by atoms with van der Waals surface area (Å²) in [5, 5.41) is 10.1. The van der Waals surface area contributed by atoms with Gasteiger partial charge in [-0.1, -0.05) is 19.9 Å². The molecule has 0 aliphatic carbocycles. The van der Waals surface area contributed by atoms with Gasteiger partial charge in [0.15, 0.2) is 0 Å². The first-order chi connectivity index (χ1) is 13.5. The van der Waals surface area contributed by atoms with Crippen LogP contribution >= 0.6 is 0 Å². The SMILES string of the molecule is CCn1nc(C(C)C)cc1C(=O)Nc1cccc(C(=O)Nc2ccncc2)c1. The van der Waals surface area contributed by atoms with E-state index >= 15 is 0 Å². The summed E-state index contributed by atoms with van der Waals surface area (Å²) in [5.41, 5.74) is 3.02.